The average molecular weight is 264 g/mol. The van der Waals surface area contributed by atoms with E-state index < -0.39 is 0 Å². The Morgan fingerprint density at radius 3 is 2.47 bits per heavy atom. The molecule has 0 aliphatic heterocycles. The number of hydrogen-bond donors (Lipinski definition) is 1. The Hall–Kier alpha value is -1.38. The van der Waals surface area contributed by atoms with Gasteiger partial charge in [0.15, 0.2) is 0 Å². The maximum Gasteiger partial charge on any atom is 0.123 e. The molecule has 0 heterocycles. The van der Waals surface area contributed by atoms with E-state index in [1.807, 2.05) is 12.1 Å². The lowest BCUT2D eigenvalue weighted by Gasteiger charge is -2.29. The van der Waals surface area contributed by atoms with Crippen LogP contribution in [0.3, 0.4) is 0 Å². The van der Waals surface area contributed by atoms with Crippen LogP contribution in [0, 0.1) is 5.92 Å². The average Bonchev–Trinajstić information content (AvgIpc) is 2.33. The predicted octanol–water partition coefficient (Wildman–Crippen LogP) is 3.93. The summed E-state index contributed by atoms with van der Waals surface area (Å²) in [6.07, 6.45) is 2.17. The third kappa shape index (κ3) is 5.01. The molecule has 0 saturated carbocycles. The number of nitrogen functional groups attached to an aromatic ring is 1. The van der Waals surface area contributed by atoms with Gasteiger partial charge < -0.3 is 15.4 Å². The topological polar surface area (TPSA) is 38.5 Å². The molecule has 108 valence electrons. The number of ether oxygens (including phenoxy) is 1. The highest BCUT2D eigenvalue weighted by molar-refractivity contribution is 5.60. The van der Waals surface area contributed by atoms with Crippen LogP contribution in [0.25, 0.3) is 0 Å². The van der Waals surface area contributed by atoms with E-state index in [0.717, 1.165) is 36.6 Å². The molecule has 0 fully saturated rings. The third-order valence-electron chi connectivity index (χ3n) is 3.27. The fraction of sp³-hybridized carbons (Fsp3) is 0.625. The zero-order valence-corrected chi connectivity index (χ0v) is 12.9. The van der Waals surface area contributed by atoms with Gasteiger partial charge >= 0.3 is 0 Å². The molecule has 0 amide bonds. The minimum atomic E-state index is 0.487. The maximum absolute atomic E-state index is 5.96. The van der Waals surface area contributed by atoms with Gasteiger partial charge in [-0.15, -0.1) is 0 Å². The van der Waals surface area contributed by atoms with Crippen LogP contribution in [0.4, 0.5) is 11.4 Å². The number of rotatable bonds is 7. The van der Waals surface area contributed by atoms with Crippen molar-refractivity contribution in [2.75, 3.05) is 24.3 Å². The second kappa shape index (κ2) is 7.27. The van der Waals surface area contributed by atoms with Crippen molar-refractivity contribution in [3.63, 3.8) is 0 Å². The molecule has 1 aromatic carbocycles. The molecule has 1 aromatic rings. The first-order valence-corrected chi connectivity index (χ1v) is 7.20. The van der Waals surface area contributed by atoms with Crippen LogP contribution >= 0.6 is 0 Å². The van der Waals surface area contributed by atoms with Crippen LogP contribution in [0.1, 0.15) is 40.5 Å². The SMILES string of the molecule is CCCOc1cc(N)cc(N(C)C(C)CC(C)C)c1. The van der Waals surface area contributed by atoms with Gasteiger partial charge in [0.1, 0.15) is 5.75 Å². The van der Waals surface area contributed by atoms with Crippen molar-refractivity contribution in [3.05, 3.63) is 18.2 Å². The quantitative estimate of drug-likeness (QED) is 0.758. The summed E-state index contributed by atoms with van der Waals surface area (Å²) in [5.41, 5.74) is 7.84. The van der Waals surface area contributed by atoms with Crippen LogP contribution in [-0.4, -0.2) is 19.7 Å². The Balaban J connectivity index is 2.83. The third-order valence-corrected chi connectivity index (χ3v) is 3.27. The van der Waals surface area contributed by atoms with Crippen molar-refractivity contribution in [1.82, 2.24) is 0 Å². The van der Waals surface area contributed by atoms with Crippen LogP contribution in [-0.2, 0) is 0 Å². The van der Waals surface area contributed by atoms with E-state index in [1.54, 1.807) is 0 Å². The van der Waals surface area contributed by atoms with E-state index in [0.29, 0.717) is 12.0 Å². The number of anilines is 2. The zero-order chi connectivity index (χ0) is 14.4. The zero-order valence-electron chi connectivity index (χ0n) is 12.9. The van der Waals surface area contributed by atoms with Crippen LogP contribution in [0.2, 0.25) is 0 Å². The lowest BCUT2D eigenvalue weighted by molar-refractivity contribution is 0.317. The van der Waals surface area contributed by atoms with Crippen molar-refractivity contribution in [1.29, 1.82) is 0 Å². The monoisotopic (exact) mass is 264 g/mol. The molecule has 19 heavy (non-hydrogen) atoms. The van der Waals surface area contributed by atoms with Gasteiger partial charge in [-0.2, -0.15) is 0 Å². The van der Waals surface area contributed by atoms with Crippen LogP contribution in [0.15, 0.2) is 18.2 Å². The van der Waals surface area contributed by atoms with E-state index in [4.69, 9.17) is 10.5 Å². The lowest BCUT2D eigenvalue weighted by atomic mass is 10.0. The number of nitrogens with two attached hydrogens (primary N) is 1. The molecule has 0 spiro atoms. The smallest absolute Gasteiger partial charge is 0.123 e. The van der Waals surface area contributed by atoms with Crippen LogP contribution in [0.5, 0.6) is 5.75 Å². The fourth-order valence-corrected chi connectivity index (χ4v) is 2.21. The van der Waals surface area contributed by atoms with Crippen molar-refractivity contribution < 1.29 is 4.74 Å². The Kier molecular flexibility index (Phi) is 6.00. The summed E-state index contributed by atoms with van der Waals surface area (Å²) >= 11 is 0. The highest BCUT2D eigenvalue weighted by atomic mass is 16.5. The molecule has 0 aliphatic carbocycles. The van der Waals surface area contributed by atoms with Gasteiger partial charge in [-0.1, -0.05) is 20.8 Å². The molecular weight excluding hydrogens is 236 g/mol. The maximum atomic E-state index is 5.96. The molecule has 1 rings (SSSR count). The van der Waals surface area contributed by atoms with Crippen molar-refractivity contribution in [2.24, 2.45) is 5.92 Å². The number of benzene rings is 1. The highest BCUT2D eigenvalue weighted by Crippen LogP contribution is 2.27. The van der Waals surface area contributed by atoms with Crippen molar-refractivity contribution in [3.8, 4) is 5.75 Å². The standard InChI is InChI=1S/C16H28N2O/c1-6-7-19-16-10-14(17)9-15(11-16)18(5)13(4)8-12(2)3/h9-13H,6-8,17H2,1-5H3. The lowest BCUT2D eigenvalue weighted by Crippen LogP contribution is -2.30. The second-order valence-corrected chi connectivity index (χ2v) is 5.70. The summed E-state index contributed by atoms with van der Waals surface area (Å²) in [7, 11) is 2.12. The van der Waals surface area contributed by atoms with E-state index in [-0.39, 0.29) is 0 Å². The molecule has 0 aliphatic rings. The summed E-state index contributed by atoms with van der Waals surface area (Å²) in [6, 6.07) is 6.46. The Labute approximate surface area is 117 Å². The van der Waals surface area contributed by atoms with Crippen LogP contribution < -0.4 is 15.4 Å². The normalized spacial score (nSPS) is 12.5. The molecular formula is C16H28N2O. The summed E-state index contributed by atoms with van der Waals surface area (Å²) in [5, 5.41) is 0. The van der Waals surface area contributed by atoms with E-state index >= 15 is 0 Å². The molecule has 2 N–H and O–H groups in total. The second-order valence-electron chi connectivity index (χ2n) is 5.70. The summed E-state index contributed by atoms with van der Waals surface area (Å²) in [6.45, 7) is 9.58. The van der Waals surface area contributed by atoms with Gasteiger partial charge in [-0.3, -0.25) is 0 Å². The summed E-state index contributed by atoms with van der Waals surface area (Å²) in [5.74, 6) is 1.55. The fourth-order valence-electron chi connectivity index (χ4n) is 2.21. The first-order chi connectivity index (χ1) is 8.93. The molecule has 3 heteroatoms. The molecule has 0 radical (unpaired) electrons. The highest BCUT2D eigenvalue weighted by Gasteiger charge is 2.13. The number of hydrogen-bond acceptors (Lipinski definition) is 3. The van der Waals surface area contributed by atoms with Gasteiger partial charge in [-0.25, -0.2) is 0 Å². The van der Waals surface area contributed by atoms with Crippen molar-refractivity contribution >= 4 is 11.4 Å². The molecule has 0 aromatic heterocycles. The molecule has 0 bridgehead atoms. The van der Waals surface area contributed by atoms with Gasteiger partial charge in [0.05, 0.1) is 6.61 Å². The van der Waals surface area contributed by atoms with Gasteiger partial charge in [0, 0.05) is 36.6 Å². The minimum absolute atomic E-state index is 0.487. The van der Waals surface area contributed by atoms with E-state index in [1.165, 1.54) is 0 Å². The number of nitrogens with zero attached hydrogens (tertiary/aromatic N) is 1. The van der Waals surface area contributed by atoms with Gasteiger partial charge in [0.2, 0.25) is 0 Å². The van der Waals surface area contributed by atoms with E-state index in [2.05, 4.69) is 45.7 Å². The summed E-state index contributed by atoms with van der Waals surface area (Å²) < 4.78 is 5.68. The first kappa shape index (κ1) is 15.7. The molecule has 3 nitrogen and oxygen atoms in total. The van der Waals surface area contributed by atoms with Gasteiger partial charge in [0.25, 0.3) is 0 Å². The minimum Gasteiger partial charge on any atom is -0.493 e. The summed E-state index contributed by atoms with van der Waals surface area (Å²) in [4.78, 5) is 2.27. The molecule has 1 atom stereocenters. The predicted molar refractivity (Wildman–Crippen MR) is 84.0 cm³/mol. The molecule has 1 unspecified atom stereocenters. The largest absolute Gasteiger partial charge is 0.493 e. The Morgan fingerprint density at radius 1 is 1.21 bits per heavy atom. The van der Waals surface area contributed by atoms with Crippen molar-refractivity contribution in [2.45, 2.75) is 46.6 Å². The van der Waals surface area contributed by atoms with E-state index in [9.17, 15) is 0 Å². The van der Waals surface area contributed by atoms with Gasteiger partial charge in [-0.05, 0) is 31.7 Å². The Morgan fingerprint density at radius 2 is 1.89 bits per heavy atom. The molecule has 0 saturated heterocycles. The Bertz CT molecular complexity index is 390. The first-order valence-electron chi connectivity index (χ1n) is 7.20.